The maximum Gasteiger partial charge on any atom is 0.347 e. The molecule has 0 aliphatic carbocycles. The van der Waals surface area contributed by atoms with Gasteiger partial charge in [-0.25, -0.2) is 9.48 Å². The molecule has 5 nitrogen and oxygen atoms in total. The Bertz CT molecular complexity index is 298. The molecular formula is C6H12N4O. The molecular weight excluding hydrogens is 144 g/mol. The van der Waals surface area contributed by atoms with Crippen LogP contribution in [0.1, 0.15) is 6.92 Å². The second-order valence-corrected chi connectivity index (χ2v) is 2.22. The highest BCUT2D eigenvalue weighted by Crippen LogP contribution is 1.95. The third-order valence-electron chi connectivity index (χ3n) is 1.55. The molecule has 5 heteroatoms. The third-order valence-corrected chi connectivity index (χ3v) is 1.55. The van der Waals surface area contributed by atoms with Crippen molar-refractivity contribution in [3.63, 3.8) is 0 Å². The van der Waals surface area contributed by atoms with Crippen LogP contribution in [0.25, 0.3) is 0 Å². The van der Waals surface area contributed by atoms with Gasteiger partial charge in [-0.3, -0.25) is 4.57 Å². The molecule has 0 amide bonds. The SMILES string of the molecule is CCn1c(NC)nn(C)c1=O. The van der Waals surface area contributed by atoms with Crippen molar-refractivity contribution in [2.75, 3.05) is 12.4 Å². The van der Waals surface area contributed by atoms with E-state index in [9.17, 15) is 4.79 Å². The van der Waals surface area contributed by atoms with E-state index < -0.39 is 0 Å². The molecule has 0 bridgehead atoms. The van der Waals surface area contributed by atoms with Crippen LogP contribution in [-0.4, -0.2) is 21.4 Å². The van der Waals surface area contributed by atoms with Crippen LogP contribution in [0.2, 0.25) is 0 Å². The fourth-order valence-electron chi connectivity index (χ4n) is 0.974. The molecule has 0 aromatic carbocycles. The first-order chi connectivity index (χ1) is 5.20. The summed E-state index contributed by atoms with van der Waals surface area (Å²) in [7, 11) is 3.38. The first kappa shape index (κ1) is 7.84. The Morgan fingerprint density at radius 3 is 2.64 bits per heavy atom. The zero-order valence-corrected chi connectivity index (χ0v) is 6.96. The van der Waals surface area contributed by atoms with Gasteiger partial charge in [0.15, 0.2) is 0 Å². The number of rotatable bonds is 2. The van der Waals surface area contributed by atoms with Gasteiger partial charge in [-0.2, -0.15) is 0 Å². The summed E-state index contributed by atoms with van der Waals surface area (Å²) in [6.07, 6.45) is 0. The standard InChI is InChI=1S/C6H12N4O/c1-4-10-5(7-2)8-9(3)6(10)11/h4H2,1-3H3,(H,7,8). The largest absolute Gasteiger partial charge is 0.357 e. The Morgan fingerprint density at radius 2 is 2.27 bits per heavy atom. The smallest absolute Gasteiger partial charge is 0.347 e. The molecule has 0 aliphatic heterocycles. The summed E-state index contributed by atoms with van der Waals surface area (Å²) in [5.74, 6) is 0.611. The Labute approximate surface area is 64.6 Å². The maximum absolute atomic E-state index is 11.2. The molecule has 1 N–H and O–H groups in total. The van der Waals surface area contributed by atoms with Gasteiger partial charge in [-0.05, 0) is 6.92 Å². The summed E-state index contributed by atoms with van der Waals surface area (Å²) in [6.45, 7) is 2.55. The highest BCUT2D eigenvalue weighted by molar-refractivity contribution is 5.21. The van der Waals surface area contributed by atoms with Gasteiger partial charge in [0.1, 0.15) is 0 Å². The lowest BCUT2D eigenvalue weighted by Gasteiger charge is -1.97. The quantitative estimate of drug-likeness (QED) is 0.636. The van der Waals surface area contributed by atoms with E-state index in [-0.39, 0.29) is 5.69 Å². The highest BCUT2D eigenvalue weighted by atomic mass is 16.2. The van der Waals surface area contributed by atoms with Crippen molar-refractivity contribution >= 4 is 5.95 Å². The summed E-state index contributed by atoms with van der Waals surface area (Å²) in [5.41, 5.74) is -0.0862. The molecule has 0 radical (unpaired) electrons. The van der Waals surface area contributed by atoms with Gasteiger partial charge < -0.3 is 5.32 Å². The van der Waals surface area contributed by atoms with E-state index >= 15 is 0 Å². The fourth-order valence-corrected chi connectivity index (χ4v) is 0.974. The van der Waals surface area contributed by atoms with Gasteiger partial charge in [0.2, 0.25) is 5.95 Å². The average molecular weight is 156 g/mol. The molecule has 11 heavy (non-hydrogen) atoms. The number of nitrogens with one attached hydrogen (secondary N) is 1. The van der Waals surface area contributed by atoms with E-state index in [4.69, 9.17) is 0 Å². The van der Waals surface area contributed by atoms with Crippen LogP contribution in [0.4, 0.5) is 5.95 Å². The first-order valence-electron chi connectivity index (χ1n) is 3.52. The van der Waals surface area contributed by atoms with E-state index in [1.807, 2.05) is 6.92 Å². The minimum Gasteiger partial charge on any atom is -0.357 e. The highest BCUT2D eigenvalue weighted by Gasteiger charge is 2.05. The lowest BCUT2D eigenvalue weighted by Crippen LogP contribution is -2.22. The Kier molecular flexibility index (Phi) is 1.98. The predicted octanol–water partition coefficient (Wildman–Crippen LogP) is -0.357. The van der Waals surface area contributed by atoms with Gasteiger partial charge in [0, 0.05) is 20.6 Å². The lowest BCUT2D eigenvalue weighted by molar-refractivity contribution is 0.678. The molecule has 0 fully saturated rings. The van der Waals surface area contributed by atoms with E-state index in [1.165, 1.54) is 4.68 Å². The van der Waals surface area contributed by atoms with E-state index in [0.717, 1.165) is 0 Å². The number of hydrogen-bond donors (Lipinski definition) is 1. The Morgan fingerprint density at radius 1 is 1.64 bits per heavy atom. The lowest BCUT2D eigenvalue weighted by atomic mass is 10.7. The normalized spacial score (nSPS) is 10.1. The monoisotopic (exact) mass is 156 g/mol. The molecule has 1 aromatic rings. The topological polar surface area (TPSA) is 51.9 Å². The van der Waals surface area contributed by atoms with Gasteiger partial charge >= 0.3 is 5.69 Å². The molecule has 1 aromatic heterocycles. The van der Waals surface area contributed by atoms with E-state index in [2.05, 4.69) is 10.4 Å². The summed E-state index contributed by atoms with van der Waals surface area (Å²) < 4.78 is 2.88. The minimum atomic E-state index is -0.0862. The Balaban J connectivity index is 3.27. The van der Waals surface area contributed by atoms with Crippen molar-refractivity contribution in [2.24, 2.45) is 7.05 Å². The van der Waals surface area contributed by atoms with E-state index in [0.29, 0.717) is 12.5 Å². The molecule has 0 unspecified atom stereocenters. The number of nitrogens with zero attached hydrogens (tertiary/aromatic N) is 3. The number of aryl methyl sites for hydroxylation is 1. The van der Waals surface area contributed by atoms with Crippen molar-refractivity contribution < 1.29 is 0 Å². The first-order valence-corrected chi connectivity index (χ1v) is 3.52. The van der Waals surface area contributed by atoms with Crippen LogP contribution in [-0.2, 0) is 13.6 Å². The number of aromatic nitrogens is 3. The Hall–Kier alpha value is -1.26. The van der Waals surface area contributed by atoms with E-state index in [1.54, 1.807) is 18.7 Å². The van der Waals surface area contributed by atoms with Crippen LogP contribution in [0, 0.1) is 0 Å². The molecule has 62 valence electrons. The second-order valence-electron chi connectivity index (χ2n) is 2.22. The summed E-state index contributed by atoms with van der Waals surface area (Å²) in [5, 5.41) is 6.79. The van der Waals surface area contributed by atoms with Crippen molar-refractivity contribution in [1.82, 2.24) is 14.3 Å². The molecule has 1 heterocycles. The molecule has 0 saturated carbocycles. The summed E-state index contributed by atoms with van der Waals surface area (Å²) in [4.78, 5) is 11.2. The van der Waals surface area contributed by atoms with Gasteiger partial charge in [-0.1, -0.05) is 0 Å². The number of anilines is 1. The van der Waals surface area contributed by atoms with Gasteiger partial charge in [0.25, 0.3) is 0 Å². The third kappa shape index (κ3) is 1.13. The van der Waals surface area contributed by atoms with Crippen molar-refractivity contribution in [2.45, 2.75) is 13.5 Å². The molecule has 0 saturated heterocycles. The van der Waals surface area contributed by atoms with Crippen molar-refractivity contribution in [1.29, 1.82) is 0 Å². The average Bonchev–Trinajstić information content (AvgIpc) is 2.28. The van der Waals surface area contributed by atoms with Gasteiger partial charge in [0.05, 0.1) is 0 Å². The zero-order chi connectivity index (χ0) is 8.43. The zero-order valence-electron chi connectivity index (χ0n) is 6.96. The van der Waals surface area contributed by atoms with Crippen LogP contribution >= 0.6 is 0 Å². The number of hydrogen-bond acceptors (Lipinski definition) is 3. The predicted molar refractivity (Wildman–Crippen MR) is 42.7 cm³/mol. The minimum absolute atomic E-state index is 0.0862. The summed E-state index contributed by atoms with van der Waals surface area (Å²) in [6, 6.07) is 0. The molecule has 0 spiro atoms. The van der Waals surface area contributed by atoms with Crippen molar-refractivity contribution in [3.8, 4) is 0 Å². The van der Waals surface area contributed by atoms with Crippen LogP contribution in [0.15, 0.2) is 4.79 Å². The van der Waals surface area contributed by atoms with Crippen LogP contribution in [0.5, 0.6) is 0 Å². The fraction of sp³-hybridized carbons (Fsp3) is 0.667. The van der Waals surface area contributed by atoms with Crippen LogP contribution < -0.4 is 11.0 Å². The van der Waals surface area contributed by atoms with Crippen LogP contribution in [0.3, 0.4) is 0 Å². The molecule has 0 atom stereocenters. The second kappa shape index (κ2) is 2.77. The maximum atomic E-state index is 11.2. The summed E-state index contributed by atoms with van der Waals surface area (Å²) >= 11 is 0. The van der Waals surface area contributed by atoms with Gasteiger partial charge in [-0.15, -0.1) is 5.10 Å². The van der Waals surface area contributed by atoms with Crippen molar-refractivity contribution in [3.05, 3.63) is 10.5 Å². The molecule has 0 aliphatic rings. The molecule has 1 rings (SSSR count).